The number of aryl methyl sites for hydroxylation is 1. The van der Waals surface area contributed by atoms with Gasteiger partial charge in [0.2, 0.25) is 0 Å². The number of halogens is 1. The Morgan fingerprint density at radius 2 is 2.07 bits per heavy atom. The van der Waals surface area contributed by atoms with Crippen LogP contribution in [0.1, 0.15) is 42.8 Å². The van der Waals surface area contributed by atoms with Crippen molar-refractivity contribution < 1.29 is 18.7 Å². The van der Waals surface area contributed by atoms with Gasteiger partial charge in [-0.3, -0.25) is 4.79 Å². The number of amides is 2. The van der Waals surface area contributed by atoms with Gasteiger partial charge >= 0.3 is 12.0 Å². The normalized spacial score (nSPS) is 16.1. The van der Waals surface area contributed by atoms with E-state index in [0.29, 0.717) is 26.2 Å². The van der Waals surface area contributed by atoms with Crippen molar-refractivity contribution in [1.82, 2.24) is 19.8 Å². The molecule has 1 N–H and O–H groups in total. The second kappa shape index (κ2) is 9.54. The third kappa shape index (κ3) is 5.34. The molecule has 0 spiro atoms. The maximum absolute atomic E-state index is 13.2. The number of urea groups is 1. The van der Waals surface area contributed by atoms with E-state index >= 15 is 0 Å². The number of benzene rings is 1. The van der Waals surface area contributed by atoms with Gasteiger partial charge in [-0.05, 0) is 38.0 Å². The number of rotatable bonds is 7. The largest absolute Gasteiger partial charge is 0.466 e. The number of hydrogen-bond acceptors (Lipinski definition) is 4. The van der Waals surface area contributed by atoms with Crippen molar-refractivity contribution in [3.63, 3.8) is 0 Å². The van der Waals surface area contributed by atoms with Gasteiger partial charge < -0.3 is 19.5 Å². The number of likely N-dealkylation sites (tertiary alicyclic amines) is 1. The van der Waals surface area contributed by atoms with Gasteiger partial charge in [0.15, 0.2) is 0 Å². The lowest BCUT2D eigenvalue weighted by Crippen LogP contribution is -2.39. The van der Waals surface area contributed by atoms with Crippen LogP contribution in [0.2, 0.25) is 0 Å². The highest BCUT2D eigenvalue weighted by Gasteiger charge is 2.30. The lowest BCUT2D eigenvalue weighted by atomic mass is 10.1. The van der Waals surface area contributed by atoms with Gasteiger partial charge in [0.25, 0.3) is 0 Å². The van der Waals surface area contributed by atoms with E-state index in [1.807, 2.05) is 13.1 Å². The van der Waals surface area contributed by atoms with Gasteiger partial charge in [-0.15, -0.1) is 0 Å². The van der Waals surface area contributed by atoms with Crippen LogP contribution in [0, 0.1) is 12.7 Å². The summed E-state index contributed by atoms with van der Waals surface area (Å²) in [6.07, 6.45) is 2.82. The van der Waals surface area contributed by atoms with Crippen molar-refractivity contribution in [3.8, 4) is 0 Å². The Bertz CT molecular complexity index is 850. The summed E-state index contributed by atoms with van der Waals surface area (Å²) in [6, 6.07) is 6.29. The first-order valence-corrected chi connectivity index (χ1v) is 9.92. The van der Waals surface area contributed by atoms with Gasteiger partial charge in [-0.1, -0.05) is 12.1 Å². The maximum atomic E-state index is 13.2. The SMILES string of the molecule is CCOC(=O)CCNC(=O)N1CCC(c2ncc(C)n2Cc2ccc(F)cc2)C1. The predicted molar refractivity (Wildman–Crippen MR) is 106 cm³/mol. The van der Waals surface area contributed by atoms with Gasteiger partial charge in [0.05, 0.1) is 13.0 Å². The number of ether oxygens (including phenoxy) is 1. The smallest absolute Gasteiger partial charge is 0.317 e. The zero-order valence-corrected chi connectivity index (χ0v) is 16.9. The molecule has 8 heteroatoms. The third-order valence-corrected chi connectivity index (χ3v) is 5.09. The van der Waals surface area contributed by atoms with Gasteiger partial charge in [0.1, 0.15) is 11.6 Å². The van der Waals surface area contributed by atoms with Gasteiger partial charge in [-0.2, -0.15) is 0 Å². The van der Waals surface area contributed by atoms with E-state index in [1.54, 1.807) is 24.0 Å². The second-order valence-corrected chi connectivity index (χ2v) is 7.19. The Kier molecular flexibility index (Phi) is 6.85. The lowest BCUT2D eigenvalue weighted by Gasteiger charge is -2.18. The number of imidazole rings is 1. The molecule has 1 unspecified atom stereocenters. The molecule has 0 radical (unpaired) electrons. The highest BCUT2D eigenvalue weighted by molar-refractivity contribution is 5.76. The monoisotopic (exact) mass is 402 g/mol. The van der Waals surface area contributed by atoms with E-state index in [4.69, 9.17) is 4.74 Å². The van der Waals surface area contributed by atoms with E-state index in [-0.39, 0.29) is 36.7 Å². The molecule has 156 valence electrons. The van der Waals surface area contributed by atoms with E-state index < -0.39 is 0 Å². The minimum atomic E-state index is -0.314. The van der Waals surface area contributed by atoms with Crippen molar-refractivity contribution >= 4 is 12.0 Å². The van der Waals surface area contributed by atoms with Crippen molar-refractivity contribution in [2.45, 2.75) is 39.2 Å². The fourth-order valence-corrected chi connectivity index (χ4v) is 3.56. The molecular formula is C21H27FN4O3. The Morgan fingerprint density at radius 3 is 2.79 bits per heavy atom. The first-order chi connectivity index (χ1) is 14.0. The third-order valence-electron chi connectivity index (χ3n) is 5.09. The first kappa shape index (κ1) is 20.8. The molecule has 2 heterocycles. The summed E-state index contributed by atoms with van der Waals surface area (Å²) >= 11 is 0. The Hall–Kier alpha value is -2.90. The average Bonchev–Trinajstić information content (AvgIpc) is 3.31. The van der Waals surface area contributed by atoms with Crippen molar-refractivity contribution in [2.24, 2.45) is 0 Å². The number of esters is 1. The summed E-state index contributed by atoms with van der Waals surface area (Å²) in [5, 5.41) is 2.77. The molecule has 2 amide bonds. The first-order valence-electron chi connectivity index (χ1n) is 9.92. The molecule has 1 atom stereocenters. The predicted octanol–water partition coefficient (Wildman–Crippen LogP) is 2.83. The molecule has 1 aliphatic heterocycles. The molecule has 1 aromatic carbocycles. The van der Waals surface area contributed by atoms with Crippen molar-refractivity contribution in [2.75, 3.05) is 26.2 Å². The van der Waals surface area contributed by atoms with E-state index in [9.17, 15) is 14.0 Å². The topological polar surface area (TPSA) is 76.5 Å². The minimum Gasteiger partial charge on any atom is -0.466 e. The van der Waals surface area contributed by atoms with Crippen LogP contribution in [0.3, 0.4) is 0 Å². The summed E-state index contributed by atoms with van der Waals surface area (Å²) in [5.41, 5.74) is 2.03. The quantitative estimate of drug-likeness (QED) is 0.723. The molecule has 0 saturated carbocycles. The fourth-order valence-electron chi connectivity index (χ4n) is 3.56. The number of aromatic nitrogens is 2. The van der Waals surface area contributed by atoms with Crippen LogP contribution in [0.4, 0.5) is 9.18 Å². The number of nitrogens with one attached hydrogen (secondary N) is 1. The summed E-state index contributed by atoms with van der Waals surface area (Å²) in [5.74, 6) is 0.510. The molecule has 1 saturated heterocycles. The fraction of sp³-hybridized carbons (Fsp3) is 0.476. The maximum Gasteiger partial charge on any atom is 0.317 e. The highest BCUT2D eigenvalue weighted by Crippen LogP contribution is 2.27. The van der Waals surface area contributed by atoms with Crippen LogP contribution in [0.5, 0.6) is 0 Å². The van der Waals surface area contributed by atoms with Gasteiger partial charge in [-0.25, -0.2) is 14.2 Å². The highest BCUT2D eigenvalue weighted by atomic mass is 19.1. The number of carbonyl (C=O) groups excluding carboxylic acids is 2. The summed E-state index contributed by atoms with van der Waals surface area (Å²) in [7, 11) is 0. The van der Waals surface area contributed by atoms with E-state index in [0.717, 1.165) is 23.5 Å². The number of hydrogen-bond donors (Lipinski definition) is 1. The van der Waals surface area contributed by atoms with E-state index in [1.165, 1.54) is 12.1 Å². The Balaban J connectivity index is 1.58. The number of carbonyl (C=O) groups is 2. The second-order valence-electron chi connectivity index (χ2n) is 7.19. The zero-order chi connectivity index (χ0) is 20.8. The molecule has 29 heavy (non-hydrogen) atoms. The lowest BCUT2D eigenvalue weighted by molar-refractivity contribution is -0.142. The average molecular weight is 402 g/mol. The molecule has 0 aliphatic carbocycles. The van der Waals surface area contributed by atoms with Crippen LogP contribution in [0.25, 0.3) is 0 Å². The van der Waals surface area contributed by atoms with Crippen LogP contribution in [-0.4, -0.2) is 52.7 Å². The molecular weight excluding hydrogens is 375 g/mol. The van der Waals surface area contributed by atoms with E-state index in [2.05, 4.69) is 14.9 Å². The number of nitrogens with zero attached hydrogens (tertiary/aromatic N) is 3. The van der Waals surface area contributed by atoms with Crippen LogP contribution >= 0.6 is 0 Å². The van der Waals surface area contributed by atoms with Crippen LogP contribution < -0.4 is 5.32 Å². The van der Waals surface area contributed by atoms with Crippen LogP contribution in [-0.2, 0) is 16.1 Å². The standard InChI is InChI=1S/C21H27FN4O3/c1-3-29-19(27)8-10-23-21(28)25-11-9-17(14-25)20-24-12-15(2)26(20)13-16-4-6-18(22)7-5-16/h4-7,12,17H,3,8-11,13-14H2,1-2H3,(H,23,28). The minimum absolute atomic E-state index is 0.139. The molecule has 0 bridgehead atoms. The summed E-state index contributed by atoms with van der Waals surface area (Å²) in [6.45, 7) is 6.17. The summed E-state index contributed by atoms with van der Waals surface area (Å²) in [4.78, 5) is 30.1. The molecule has 1 aliphatic rings. The molecule has 7 nitrogen and oxygen atoms in total. The van der Waals surface area contributed by atoms with Gasteiger partial charge in [0, 0.05) is 44.0 Å². The molecule has 3 rings (SSSR count). The molecule has 2 aromatic rings. The molecule has 1 aromatic heterocycles. The summed E-state index contributed by atoms with van der Waals surface area (Å²) < 4.78 is 20.2. The Morgan fingerprint density at radius 1 is 1.31 bits per heavy atom. The zero-order valence-electron chi connectivity index (χ0n) is 16.9. The van der Waals surface area contributed by atoms with Crippen LogP contribution in [0.15, 0.2) is 30.5 Å². The molecule has 1 fully saturated rings. The van der Waals surface area contributed by atoms with Crippen molar-refractivity contribution in [3.05, 3.63) is 53.4 Å². The van der Waals surface area contributed by atoms with Crippen molar-refractivity contribution in [1.29, 1.82) is 0 Å². The Labute approximate surface area is 169 Å².